The van der Waals surface area contributed by atoms with Gasteiger partial charge in [0.1, 0.15) is 5.82 Å². The van der Waals surface area contributed by atoms with Gasteiger partial charge in [-0.1, -0.05) is 31.9 Å². The highest BCUT2D eigenvalue weighted by Gasteiger charge is 2.24. The maximum absolute atomic E-state index is 13.6. The van der Waals surface area contributed by atoms with Crippen LogP contribution < -0.4 is 0 Å². The molecule has 0 spiro atoms. The third-order valence-electron chi connectivity index (χ3n) is 2.87. The van der Waals surface area contributed by atoms with Gasteiger partial charge in [0.25, 0.3) is 0 Å². The first-order chi connectivity index (χ1) is 7.66. The van der Waals surface area contributed by atoms with Crippen LogP contribution in [0.4, 0.5) is 4.39 Å². The van der Waals surface area contributed by atoms with Crippen molar-refractivity contribution in [1.29, 1.82) is 0 Å². The number of alkyl halides is 1. The molecule has 0 bridgehead atoms. The van der Waals surface area contributed by atoms with Crippen LogP contribution in [0.1, 0.15) is 12.0 Å². The Bertz CT molecular complexity index is 370. The van der Waals surface area contributed by atoms with E-state index in [4.69, 9.17) is 4.74 Å². The molecule has 1 nitrogen and oxygen atoms in total. The van der Waals surface area contributed by atoms with Crippen LogP contribution >= 0.6 is 31.9 Å². The summed E-state index contributed by atoms with van der Waals surface area (Å²) in [6.45, 7) is 1.51. The minimum Gasteiger partial charge on any atom is -0.381 e. The van der Waals surface area contributed by atoms with E-state index in [1.54, 1.807) is 6.07 Å². The summed E-state index contributed by atoms with van der Waals surface area (Å²) in [6, 6.07) is 5.08. The van der Waals surface area contributed by atoms with Crippen molar-refractivity contribution >= 4 is 31.9 Å². The average molecular weight is 352 g/mol. The number of halogens is 3. The van der Waals surface area contributed by atoms with Gasteiger partial charge in [0.05, 0.1) is 6.61 Å². The van der Waals surface area contributed by atoms with Crippen molar-refractivity contribution in [1.82, 2.24) is 0 Å². The van der Waals surface area contributed by atoms with E-state index in [2.05, 4.69) is 31.9 Å². The lowest BCUT2D eigenvalue weighted by Crippen LogP contribution is -2.29. The number of rotatable bonds is 2. The minimum absolute atomic E-state index is 0.131. The second kappa shape index (κ2) is 5.61. The predicted octanol–water partition coefficient (Wildman–Crippen LogP) is 3.93. The molecule has 1 aliphatic rings. The molecule has 1 saturated heterocycles. The second-order valence-corrected chi connectivity index (χ2v) is 6.17. The van der Waals surface area contributed by atoms with Crippen molar-refractivity contribution < 1.29 is 9.13 Å². The highest BCUT2D eigenvalue weighted by atomic mass is 79.9. The van der Waals surface area contributed by atoms with E-state index in [0.29, 0.717) is 17.4 Å². The number of benzene rings is 1. The standard InChI is InChI=1S/C12H13Br2FO/c13-10-1-2-12(15)8(6-10)5-9-7-16-4-3-11(9)14/h1-2,6,9,11H,3-5,7H2. The molecule has 0 amide bonds. The van der Waals surface area contributed by atoms with Gasteiger partial charge >= 0.3 is 0 Å². The van der Waals surface area contributed by atoms with Crippen LogP contribution in [0.15, 0.2) is 22.7 Å². The van der Waals surface area contributed by atoms with E-state index in [1.165, 1.54) is 6.07 Å². The van der Waals surface area contributed by atoms with Gasteiger partial charge in [-0.05, 0) is 42.5 Å². The summed E-state index contributed by atoms with van der Waals surface area (Å²) in [7, 11) is 0. The lowest BCUT2D eigenvalue weighted by atomic mass is 9.94. The van der Waals surface area contributed by atoms with E-state index >= 15 is 0 Å². The van der Waals surface area contributed by atoms with E-state index in [-0.39, 0.29) is 5.82 Å². The molecule has 0 aromatic heterocycles. The van der Waals surface area contributed by atoms with Crippen LogP contribution in [0.5, 0.6) is 0 Å². The molecule has 0 aliphatic carbocycles. The Morgan fingerprint density at radius 2 is 2.25 bits per heavy atom. The highest BCUT2D eigenvalue weighted by molar-refractivity contribution is 9.10. The Morgan fingerprint density at radius 1 is 1.44 bits per heavy atom. The van der Waals surface area contributed by atoms with Crippen LogP contribution in [0.2, 0.25) is 0 Å². The lowest BCUT2D eigenvalue weighted by Gasteiger charge is -2.27. The smallest absolute Gasteiger partial charge is 0.126 e. The molecule has 2 atom stereocenters. The molecule has 0 radical (unpaired) electrons. The van der Waals surface area contributed by atoms with Crippen molar-refractivity contribution in [2.45, 2.75) is 17.7 Å². The van der Waals surface area contributed by atoms with Crippen LogP contribution in [-0.2, 0) is 11.2 Å². The Balaban J connectivity index is 2.10. The quantitative estimate of drug-likeness (QED) is 0.733. The molecule has 1 aromatic carbocycles. The molecule has 2 unspecified atom stereocenters. The fraction of sp³-hybridized carbons (Fsp3) is 0.500. The molecule has 1 heterocycles. The minimum atomic E-state index is -0.131. The molecule has 16 heavy (non-hydrogen) atoms. The normalized spacial score (nSPS) is 25.7. The van der Waals surface area contributed by atoms with Gasteiger partial charge in [-0.3, -0.25) is 0 Å². The fourth-order valence-electron chi connectivity index (χ4n) is 1.94. The van der Waals surface area contributed by atoms with Gasteiger partial charge in [0.2, 0.25) is 0 Å². The molecule has 0 saturated carbocycles. The third kappa shape index (κ3) is 3.05. The molecule has 88 valence electrons. The Labute approximate surface area is 112 Å². The fourth-order valence-corrected chi connectivity index (χ4v) is 2.87. The van der Waals surface area contributed by atoms with E-state index < -0.39 is 0 Å². The third-order valence-corrected chi connectivity index (χ3v) is 4.57. The molecule has 1 aromatic rings. The zero-order chi connectivity index (χ0) is 11.5. The maximum atomic E-state index is 13.6. The molecular weight excluding hydrogens is 339 g/mol. The SMILES string of the molecule is Fc1ccc(Br)cc1CC1COCCC1Br. The predicted molar refractivity (Wildman–Crippen MR) is 69.4 cm³/mol. The summed E-state index contributed by atoms with van der Waals surface area (Å²) in [4.78, 5) is 0.430. The van der Waals surface area contributed by atoms with Crippen molar-refractivity contribution in [2.24, 2.45) is 5.92 Å². The highest BCUT2D eigenvalue weighted by Crippen LogP contribution is 2.27. The largest absolute Gasteiger partial charge is 0.381 e. The number of hydrogen-bond acceptors (Lipinski definition) is 1. The summed E-state index contributed by atoms with van der Waals surface area (Å²) >= 11 is 7.01. The number of hydrogen-bond donors (Lipinski definition) is 0. The molecule has 1 aliphatic heterocycles. The molecule has 2 rings (SSSR count). The first-order valence-electron chi connectivity index (χ1n) is 5.32. The van der Waals surface area contributed by atoms with E-state index in [9.17, 15) is 4.39 Å². The van der Waals surface area contributed by atoms with Gasteiger partial charge in [0.15, 0.2) is 0 Å². The van der Waals surface area contributed by atoms with Gasteiger partial charge < -0.3 is 4.74 Å². The summed E-state index contributed by atoms with van der Waals surface area (Å²) in [5, 5.41) is 0. The molecule has 0 N–H and O–H groups in total. The Morgan fingerprint density at radius 3 is 3.00 bits per heavy atom. The van der Waals surface area contributed by atoms with E-state index in [0.717, 1.165) is 29.5 Å². The van der Waals surface area contributed by atoms with Crippen LogP contribution in [0, 0.1) is 11.7 Å². The lowest BCUT2D eigenvalue weighted by molar-refractivity contribution is 0.0603. The zero-order valence-corrected chi connectivity index (χ0v) is 11.9. The first kappa shape index (κ1) is 12.5. The van der Waals surface area contributed by atoms with Gasteiger partial charge in [-0.15, -0.1) is 0 Å². The second-order valence-electron chi connectivity index (χ2n) is 4.08. The van der Waals surface area contributed by atoms with Crippen molar-refractivity contribution in [3.8, 4) is 0 Å². The van der Waals surface area contributed by atoms with Crippen molar-refractivity contribution in [3.63, 3.8) is 0 Å². The Hall–Kier alpha value is 0.0700. The van der Waals surface area contributed by atoms with E-state index in [1.807, 2.05) is 6.07 Å². The number of ether oxygens (including phenoxy) is 1. The van der Waals surface area contributed by atoms with Crippen LogP contribution in [-0.4, -0.2) is 18.0 Å². The topological polar surface area (TPSA) is 9.23 Å². The van der Waals surface area contributed by atoms with Crippen LogP contribution in [0.3, 0.4) is 0 Å². The van der Waals surface area contributed by atoms with Gasteiger partial charge in [-0.25, -0.2) is 4.39 Å². The first-order valence-corrected chi connectivity index (χ1v) is 7.03. The van der Waals surface area contributed by atoms with Gasteiger partial charge in [0, 0.05) is 15.9 Å². The van der Waals surface area contributed by atoms with Crippen molar-refractivity contribution in [2.75, 3.05) is 13.2 Å². The molecule has 1 fully saturated rings. The van der Waals surface area contributed by atoms with Crippen LogP contribution in [0.25, 0.3) is 0 Å². The molecular formula is C12H13Br2FO. The van der Waals surface area contributed by atoms with Crippen molar-refractivity contribution in [3.05, 3.63) is 34.1 Å². The molecule has 4 heteroatoms. The summed E-state index contributed by atoms with van der Waals surface area (Å²) in [5.74, 6) is 0.228. The van der Waals surface area contributed by atoms with Gasteiger partial charge in [-0.2, -0.15) is 0 Å². The summed E-state index contributed by atoms with van der Waals surface area (Å²) in [6.07, 6.45) is 1.72. The summed E-state index contributed by atoms with van der Waals surface area (Å²) < 4.78 is 19.9. The zero-order valence-electron chi connectivity index (χ0n) is 8.76. The maximum Gasteiger partial charge on any atom is 0.126 e. The summed E-state index contributed by atoms with van der Waals surface area (Å²) in [5.41, 5.74) is 0.759. The average Bonchev–Trinajstić information content (AvgIpc) is 2.27. The Kier molecular flexibility index (Phi) is 4.39. The monoisotopic (exact) mass is 350 g/mol.